The molecule has 2 N–H and O–H groups in total. The minimum Gasteiger partial charge on any atom is -0.350 e. The number of allylic oxidation sites excluding steroid dienone is 2. The van der Waals surface area contributed by atoms with Gasteiger partial charge in [0.25, 0.3) is 5.91 Å². The van der Waals surface area contributed by atoms with Gasteiger partial charge in [-0.15, -0.1) is 0 Å². The van der Waals surface area contributed by atoms with Crippen LogP contribution in [0.15, 0.2) is 22.6 Å². The molecule has 0 aromatic carbocycles. The van der Waals surface area contributed by atoms with Crippen LogP contribution in [0, 0.1) is 0 Å². The Labute approximate surface area is 99.1 Å². The Kier molecular flexibility index (Phi) is 6.92. The second-order valence-corrected chi connectivity index (χ2v) is 4.33. The average Bonchev–Trinajstić information content (AvgIpc) is 2.24. The summed E-state index contributed by atoms with van der Waals surface area (Å²) in [4.78, 5) is 11.9. The molecule has 2 unspecified atom stereocenters. The van der Waals surface area contributed by atoms with E-state index in [4.69, 9.17) is 4.55 Å². The average molecular weight is 245 g/mol. The molecule has 0 rings (SSSR count). The van der Waals surface area contributed by atoms with Gasteiger partial charge in [-0.1, -0.05) is 19.1 Å². The van der Waals surface area contributed by atoms with Gasteiger partial charge in [0.1, 0.15) is 0 Å². The normalized spacial score (nSPS) is 16.8. The number of carbonyl (C=O) groups is 1. The van der Waals surface area contributed by atoms with Gasteiger partial charge in [0.05, 0.1) is 10.5 Å². The fourth-order valence-corrected chi connectivity index (χ4v) is 1.74. The number of carbonyl (C=O) groups excluding carboxylic acids is 1. The van der Waals surface area contributed by atoms with Crippen LogP contribution in [0.1, 0.15) is 34.1 Å². The minimum atomic E-state index is -2.14. The van der Waals surface area contributed by atoms with Crippen LogP contribution in [0.5, 0.6) is 0 Å². The molecule has 0 bridgehead atoms. The standard InChI is InChI=1S/C11H19NO3S/c1-5-8(4)12-11(13)9(6-2)10(7-3)16(14)15/h6-8H,5H2,1-4H3,(H,12,13)(H,14,15)/b9-6+,10-7+. The molecule has 5 heteroatoms. The third-order valence-electron chi connectivity index (χ3n) is 2.24. The van der Waals surface area contributed by atoms with Gasteiger partial charge in [-0.2, -0.15) is 0 Å². The maximum absolute atomic E-state index is 11.8. The summed E-state index contributed by atoms with van der Waals surface area (Å²) in [5.74, 6) is -0.313. The molecule has 0 aliphatic heterocycles. The first-order valence-corrected chi connectivity index (χ1v) is 6.33. The van der Waals surface area contributed by atoms with E-state index in [0.717, 1.165) is 6.42 Å². The summed E-state index contributed by atoms with van der Waals surface area (Å²) in [7, 11) is 0. The van der Waals surface area contributed by atoms with Gasteiger partial charge in [-0.05, 0) is 27.2 Å². The first-order valence-electron chi connectivity index (χ1n) is 5.22. The Hall–Kier alpha value is -0.940. The van der Waals surface area contributed by atoms with Crippen molar-refractivity contribution in [2.45, 2.75) is 40.2 Å². The molecule has 16 heavy (non-hydrogen) atoms. The van der Waals surface area contributed by atoms with Crippen molar-refractivity contribution in [2.24, 2.45) is 0 Å². The van der Waals surface area contributed by atoms with Crippen LogP contribution in [-0.2, 0) is 15.9 Å². The smallest absolute Gasteiger partial charge is 0.252 e. The van der Waals surface area contributed by atoms with Crippen LogP contribution in [0.4, 0.5) is 0 Å². The first-order chi connectivity index (χ1) is 7.47. The van der Waals surface area contributed by atoms with E-state index in [2.05, 4.69) is 5.32 Å². The number of hydrogen-bond donors (Lipinski definition) is 2. The quantitative estimate of drug-likeness (QED) is 0.442. The van der Waals surface area contributed by atoms with Crippen LogP contribution in [0.2, 0.25) is 0 Å². The summed E-state index contributed by atoms with van der Waals surface area (Å²) < 4.78 is 20.0. The van der Waals surface area contributed by atoms with Crippen LogP contribution < -0.4 is 5.32 Å². The molecule has 0 fully saturated rings. The summed E-state index contributed by atoms with van der Waals surface area (Å²) in [5.41, 5.74) is 0.253. The van der Waals surface area contributed by atoms with E-state index >= 15 is 0 Å². The molecule has 0 saturated heterocycles. The monoisotopic (exact) mass is 245 g/mol. The van der Waals surface area contributed by atoms with Gasteiger partial charge < -0.3 is 9.87 Å². The van der Waals surface area contributed by atoms with Crippen molar-refractivity contribution in [3.8, 4) is 0 Å². The fraction of sp³-hybridized carbons (Fsp3) is 0.545. The number of nitrogens with one attached hydrogen (secondary N) is 1. The van der Waals surface area contributed by atoms with Crippen molar-refractivity contribution in [2.75, 3.05) is 0 Å². The lowest BCUT2D eigenvalue weighted by atomic mass is 10.2. The zero-order valence-corrected chi connectivity index (χ0v) is 10.9. The zero-order valence-electron chi connectivity index (χ0n) is 10.1. The Balaban J connectivity index is 4.89. The maximum atomic E-state index is 11.8. The largest absolute Gasteiger partial charge is 0.350 e. The number of hydrogen-bond acceptors (Lipinski definition) is 2. The molecule has 1 amide bonds. The highest BCUT2D eigenvalue weighted by Crippen LogP contribution is 2.13. The van der Waals surface area contributed by atoms with Crippen molar-refractivity contribution in [3.05, 3.63) is 22.6 Å². The molecule has 0 radical (unpaired) electrons. The van der Waals surface area contributed by atoms with E-state index in [-0.39, 0.29) is 22.4 Å². The highest BCUT2D eigenvalue weighted by atomic mass is 32.2. The fourth-order valence-electron chi connectivity index (χ4n) is 1.14. The third-order valence-corrected chi connectivity index (χ3v) is 3.07. The highest BCUT2D eigenvalue weighted by molar-refractivity contribution is 7.83. The van der Waals surface area contributed by atoms with Crippen LogP contribution >= 0.6 is 0 Å². The number of rotatable bonds is 5. The van der Waals surface area contributed by atoms with Crippen molar-refractivity contribution in [1.82, 2.24) is 5.32 Å². The van der Waals surface area contributed by atoms with E-state index in [1.807, 2.05) is 13.8 Å². The maximum Gasteiger partial charge on any atom is 0.252 e. The SMILES string of the molecule is C/C=C(C(=O)NC(C)CC)\C(=C/C)S(=O)O. The first kappa shape index (κ1) is 15.1. The zero-order chi connectivity index (χ0) is 12.7. The summed E-state index contributed by atoms with van der Waals surface area (Å²) in [6, 6.07) is 0.0488. The molecule has 0 aliphatic rings. The second-order valence-electron chi connectivity index (χ2n) is 3.39. The Bertz CT molecular complexity index is 334. The third kappa shape index (κ3) is 4.28. The molecule has 0 aliphatic carbocycles. The molecule has 2 atom stereocenters. The second kappa shape index (κ2) is 7.35. The number of amides is 1. The molecule has 0 aromatic heterocycles. The Morgan fingerprint density at radius 3 is 2.31 bits per heavy atom. The highest BCUT2D eigenvalue weighted by Gasteiger charge is 2.18. The van der Waals surface area contributed by atoms with Gasteiger partial charge in [-0.3, -0.25) is 4.79 Å². The van der Waals surface area contributed by atoms with Crippen molar-refractivity contribution in [3.63, 3.8) is 0 Å². The lowest BCUT2D eigenvalue weighted by Crippen LogP contribution is -2.33. The summed E-state index contributed by atoms with van der Waals surface area (Å²) >= 11 is -2.14. The summed E-state index contributed by atoms with van der Waals surface area (Å²) in [6.45, 7) is 7.14. The predicted molar refractivity (Wildman–Crippen MR) is 66.2 cm³/mol. The van der Waals surface area contributed by atoms with Crippen LogP contribution in [0.25, 0.3) is 0 Å². The lowest BCUT2D eigenvalue weighted by molar-refractivity contribution is -0.117. The van der Waals surface area contributed by atoms with Gasteiger partial charge in [0, 0.05) is 6.04 Å². The Morgan fingerprint density at radius 2 is 2.00 bits per heavy atom. The molecule has 4 nitrogen and oxygen atoms in total. The van der Waals surface area contributed by atoms with Gasteiger partial charge in [0.15, 0.2) is 11.1 Å². The molecule has 0 saturated carbocycles. The van der Waals surface area contributed by atoms with E-state index in [0.29, 0.717) is 0 Å². The van der Waals surface area contributed by atoms with Gasteiger partial charge in [-0.25, -0.2) is 4.21 Å². The van der Waals surface area contributed by atoms with Crippen LogP contribution in [-0.4, -0.2) is 20.7 Å². The van der Waals surface area contributed by atoms with E-state index in [1.165, 1.54) is 6.08 Å². The van der Waals surface area contributed by atoms with Crippen molar-refractivity contribution in [1.29, 1.82) is 0 Å². The van der Waals surface area contributed by atoms with E-state index < -0.39 is 11.1 Å². The topological polar surface area (TPSA) is 66.4 Å². The lowest BCUT2D eigenvalue weighted by Gasteiger charge is -2.13. The van der Waals surface area contributed by atoms with Gasteiger partial charge in [0.2, 0.25) is 0 Å². The molecule has 0 aromatic rings. The van der Waals surface area contributed by atoms with Crippen LogP contribution in [0.3, 0.4) is 0 Å². The minimum absolute atomic E-state index is 0.0488. The molecule has 92 valence electrons. The summed E-state index contributed by atoms with van der Waals surface area (Å²) in [6.07, 6.45) is 3.83. The van der Waals surface area contributed by atoms with E-state index in [9.17, 15) is 9.00 Å². The molecule has 0 heterocycles. The van der Waals surface area contributed by atoms with Gasteiger partial charge >= 0.3 is 0 Å². The van der Waals surface area contributed by atoms with Crippen molar-refractivity contribution < 1.29 is 13.6 Å². The predicted octanol–water partition coefficient (Wildman–Crippen LogP) is 1.97. The summed E-state index contributed by atoms with van der Waals surface area (Å²) in [5, 5.41) is 2.76. The van der Waals surface area contributed by atoms with E-state index in [1.54, 1.807) is 19.9 Å². The molecular weight excluding hydrogens is 226 g/mol. The van der Waals surface area contributed by atoms with Crippen molar-refractivity contribution >= 4 is 17.0 Å². The Morgan fingerprint density at radius 1 is 1.44 bits per heavy atom. The molecule has 0 spiro atoms. The molecular formula is C11H19NO3S.